The molecule has 0 bridgehead atoms. The molecule has 0 radical (unpaired) electrons. The summed E-state index contributed by atoms with van der Waals surface area (Å²) in [5.41, 5.74) is 2.93. The second-order valence-corrected chi connectivity index (χ2v) is 7.62. The Morgan fingerprint density at radius 2 is 2.33 bits per heavy atom. The van der Waals surface area contributed by atoms with Crippen LogP contribution in [0.5, 0.6) is 0 Å². The van der Waals surface area contributed by atoms with Crippen molar-refractivity contribution in [2.75, 3.05) is 0 Å². The van der Waals surface area contributed by atoms with Gasteiger partial charge in [-0.2, -0.15) is 5.26 Å². The van der Waals surface area contributed by atoms with E-state index in [9.17, 15) is 9.65 Å². The van der Waals surface area contributed by atoms with E-state index in [4.69, 9.17) is 0 Å². The fourth-order valence-electron chi connectivity index (χ4n) is 2.79. The van der Waals surface area contributed by atoms with Crippen LogP contribution in [0.2, 0.25) is 0 Å². The number of fused-ring (bicyclic) bond motifs is 3. The first kappa shape index (κ1) is 13.0. The quantitative estimate of drug-likeness (QED) is 0.750. The minimum atomic E-state index is -0.171. The summed E-state index contributed by atoms with van der Waals surface area (Å²) in [4.78, 5) is 4.00. The third kappa shape index (κ3) is 2.08. The molecule has 0 saturated carbocycles. The Labute approximate surface area is 129 Å². The zero-order valence-corrected chi connectivity index (χ0v) is 12.5. The van der Waals surface area contributed by atoms with Crippen molar-refractivity contribution < 1.29 is 4.39 Å². The van der Waals surface area contributed by atoms with Crippen LogP contribution >= 0.6 is 23.5 Å². The zero-order chi connectivity index (χ0) is 14.4. The molecule has 104 valence electrons. The molecule has 2 heterocycles. The largest absolute Gasteiger partial charge is 0.296 e. The first-order valence-electron chi connectivity index (χ1n) is 6.50. The van der Waals surface area contributed by atoms with Crippen molar-refractivity contribution in [1.29, 1.82) is 5.26 Å². The van der Waals surface area contributed by atoms with Crippen LogP contribution < -0.4 is 0 Å². The molecule has 0 spiro atoms. The van der Waals surface area contributed by atoms with Gasteiger partial charge in [-0.15, -0.1) is 23.5 Å². The molecular formula is C15H10FN3S2. The Balaban J connectivity index is 1.71. The Morgan fingerprint density at radius 3 is 3.10 bits per heavy atom. The van der Waals surface area contributed by atoms with Gasteiger partial charge in [-0.3, -0.25) is 4.57 Å². The van der Waals surface area contributed by atoms with Gasteiger partial charge in [-0.1, -0.05) is 6.07 Å². The summed E-state index contributed by atoms with van der Waals surface area (Å²) < 4.78 is 16.1. The lowest BCUT2D eigenvalue weighted by Gasteiger charge is -2.07. The van der Waals surface area contributed by atoms with Gasteiger partial charge in [0.2, 0.25) is 0 Å². The molecule has 2 aliphatic rings. The van der Waals surface area contributed by atoms with Crippen molar-refractivity contribution in [3.05, 3.63) is 58.1 Å². The van der Waals surface area contributed by atoms with Crippen LogP contribution in [0.15, 0.2) is 41.2 Å². The van der Waals surface area contributed by atoms with E-state index in [2.05, 4.69) is 11.1 Å². The maximum absolute atomic E-state index is 13.3. The number of hydrogen-bond donors (Lipinski definition) is 0. The minimum Gasteiger partial charge on any atom is -0.296 e. The molecule has 0 N–H and O–H groups in total. The third-order valence-corrected chi connectivity index (χ3v) is 6.87. The molecule has 6 heteroatoms. The monoisotopic (exact) mass is 315 g/mol. The summed E-state index contributed by atoms with van der Waals surface area (Å²) in [5.74, 6) is -0.171. The highest BCUT2D eigenvalue weighted by Crippen LogP contribution is 2.61. The molecule has 1 fully saturated rings. The van der Waals surface area contributed by atoms with Crippen molar-refractivity contribution >= 4 is 29.2 Å². The number of nitrogens with zero attached hydrogens (tertiary/aromatic N) is 3. The maximum Gasteiger partial charge on any atom is 0.145 e. The number of hydrogen-bond acceptors (Lipinski definition) is 4. The van der Waals surface area contributed by atoms with Crippen LogP contribution in [-0.4, -0.2) is 14.8 Å². The number of nitriles is 1. The molecule has 1 aliphatic carbocycles. The van der Waals surface area contributed by atoms with Crippen molar-refractivity contribution in [1.82, 2.24) is 9.55 Å². The van der Waals surface area contributed by atoms with Gasteiger partial charge in [0.05, 0.1) is 10.6 Å². The zero-order valence-electron chi connectivity index (χ0n) is 10.9. The van der Waals surface area contributed by atoms with Crippen LogP contribution in [0, 0.1) is 17.1 Å². The molecule has 1 aliphatic heterocycles. The Bertz CT molecular complexity index is 777. The van der Waals surface area contributed by atoms with Gasteiger partial charge in [0.1, 0.15) is 17.6 Å². The van der Waals surface area contributed by atoms with E-state index < -0.39 is 0 Å². The summed E-state index contributed by atoms with van der Waals surface area (Å²) in [5, 5.41) is 10.1. The Hall–Kier alpha value is -1.71. The predicted molar refractivity (Wildman–Crippen MR) is 82.9 cm³/mol. The number of imidazole rings is 1. The molecule has 1 saturated heterocycles. The number of thioether (sulfide) groups is 2. The second kappa shape index (κ2) is 4.93. The molecule has 2 aromatic rings. The lowest BCUT2D eigenvalue weighted by Crippen LogP contribution is -1.99. The predicted octanol–water partition coefficient (Wildman–Crippen LogP) is 3.82. The second-order valence-electron chi connectivity index (χ2n) is 4.96. The lowest BCUT2D eigenvalue weighted by atomic mass is 10.1. The van der Waals surface area contributed by atoms with Crippen molar-refractivity contribution in [3.8, 4) is 6.07 Å². The van der Waals surface area contributed by atoms with E-state index in [0.717, 1.165) is 16.2 Å². The fourth-order valence-corrected chi connectivity index (χ4v) is 6.19. The van der Waals surface area contributed by atoms with Gasteiger partial charge in [0, 0.05) is 22.9 Å². The standard InChI is InChI=1S/C15H10FN3S2/c16-10-1-2-11-9(5-10)6-13-14(11)21-15(20-13)12(7-17)19-4-3-18-8-19/h1-5,8,13-14H,6H2/b15-12+. The minimum absolute atomic E-state index is 0.171. The highest BCUT2D eigenvalue weighted by Gasteiger charge is 2.41. The number of rotatable bonds is 1. The van der Waals surface area contributed by atoms with E-state index in [1.54, 1.807) is 52.9 Å². The SMILES string of the molecule is N#C/C(=C1/SC2Cc3cc(F)ccc3C2S1)n1ccnc1. The maximum atomic E-state index is 13.3. The van der Waals surface area contributed by atoms with Gasteiger partial charge >= 0.3 is 0 Å². The molecule has 3 nitrogen and oxygen atoms in total. The van der Waals surface area contributed by atoms with E-state index in [0.29, 0.717) is 16.2 Å². The molecule has 1 aromatic carbocycles. The number of allylic oxidation sites excluding steroid dienone is 1. The lowest BCUT2D eigenvalue weighted by molar-refractivity contribution is 0.626. The molecule has 2 unspecified atom stereocenters. The Kier molecular flexibility index (Phi) is 3.05. The molecule has 1 aromatic heterocycles. The number of aromatic nitrogens is 2. The smallest absolute Gasteiger partial charge is 0.145 e. The van der Waals surface area contributed by atoms with Crippen LogP contribution in [0.4, 0.5) is 4.39 Å². The first-order chi connectivity index (χ1) is 10.3. The molecule has 2 atom stereocenters. The first-order valence-corrected chi connectivity index (χ1v) is 8.26. The molecule has 4 rings (SSSR count). The van der Waals surface area contributed by atoms with Crippen LogP contribution in [0.3, 0.4) is 0 Å². The molecular weight excluding hydrogens is 305 g/mol. The number of halogens is 1. The van der Waals surface area contributed by atoms with Gasteiger partial charge in [-0.25, -0.2) is 9.37 Å². The highest BCUT2D eigenvalue weighted by molar-refractivity contribution is 8.26. The Morgan fingerprint density at radius 1 is 1.43 bits per heavy atom. The topological polar surface area (TPSA) is 41.6 Å². The summed E-state index contributed by atoms with van der Waals surface area (Å²) in [6, 6.07) is 7.31. The van der Waals surface area contributed by atoms with E-state index in [-0.39, 0.29) is 5.82 Å². The van der Waals surface area contributed by atoms with Crippen LogP contribution in [0.25, 0.3) is 5.70 Å². The molecule has 21 heavy (non-hydrogen) atoms. The van der Waals surface area contributed by atoms with Crippen molar-refractivity contribution in [2.24, 2.45) is 0 Å². The summed E-state index contributed by atoms with van der Waals surface area (Å²) in [6.07, 6.45) is 5.96. The third-order valence-electron chi connectivity index (χ3n) is 3.72. The van der Waals surface area contributed by atoms with Gasteiger partial charge in [0.15, 0.2) is 0 Å². The average Bonchev–Trinajstić information content (AvgIpc) is 3.15. The molecule has 0 amide bonds. The van der Waals surface area contributed by atoms with Gasteiger partial charge in [0.25, 0.3) is 0 Å². The normalized spacial score (nSPS) is 25.3. The van der Waals surface area contributed by atoms with E-state index >= 15 is 0 Å². The van der Waals surface area contributed by atoms with E-state index in [1.807, 2.05) is 6.07 Å². The van der Waals surface area contributed by atoms with Crippen LogP contribution in [-0.2, 0) is 6.42 Å². The fraction of sp³-hybridized carbons (Fsp3) is 0.200. The van der Waals surface area contributed by atoms with Crippen LogP contribution in [0.1, 0.15) is 16.4 Å². The average molecular weight is 315 g/mol. The number of benzene rings is 1. The summed E-state index contributed by atoms with van der Waals surface area (Å²) in [6.45, 7) is 0. The van der Waals surface area contributed by atoms with Crippen molar-refractivity contribution in [2.45, 2.75) is 16.9 Å². The van der Waals surface area contributed by atoms with Crippen molar-refractivity contribution in [3.63, 3.8) is 0 Å². The summed E-state index contributed by atoms with van der Waals surface area (Å²) >= 11 is 3.43. The highest BCUT2D eigenvalue weighted by atomic mass is 32.2. The van der Waals surface area contributed by atoms with Gasteiger partial charge < -0.3 is 0 Å². The van der Waals surface area contributed by atoms with Gasteiger partial charge in [-0.05, 0) is 29.7 Å². The van der Waals surface area contributed by atoms with E-state index in [1.165, 1.54) is 11.6 Å². The summed E-state index contributed by atoms with van der Waals surface area (Å²) in [7, 11) is 0.